The maximum absolute atomic E-state index is 13.1. The second-order valence-corrected chi connectivity index (χ2v) is 9.97. The first-order valence-electron chi connectivity index (χ1n) is 9.90. The van der Waals surface area contributed by atoms with Crippen molar-refractivity contribution in [3.05, 3.63) is 59.4 Å². The van der Waals surface area contributed by atoms with Crippen LogP contribution in [0.3, 0.4) is 0 Å². The minimum atomic E-state index is -3.61. The van der Waals surface area contributed by atoms with Crippen molar-refractivity contribution < 1.29 is 22.4 Å². The Kier molecular flexibility index (Phi) is 6.11. The maximum atomic E-state index is 13.1. The Hall–Kier alpha value is -2.33. The minimum absolute atomic E-state index is 0.0134. The fourth-order valence-corrected chi connectivity index (χ4v) is 5.52. The van der Waals surface area contributed by atoms with Crippen molar-refractivity contribution in [2.45, 2.75) is 36.2 Å². The summed E-state index contributed by atoms with van der Waals surface area (Å²) >= 11 is 5.84. The number of hydrogen-bond acceptors (Lipinski definition) is 5. The number of imide groups is 1. The van der Waals surface area contributed by atoms with Gasteiger partial charge in [-0.25, -0.2) is 17.7 Å². The zero-order chi connectivity index (χ0) is 22.2. The van der Waals surface area contributed by atoms with E-state index in [0.717, 1.165) is 4.90 Å². The van der Waals surface area contributed by atoms with E-state index < -0.39 is 21.9 Å². The van der Waals surface area contributed by atoms with Crippen LogP contribution in [0.15, 0.2) is 53.4 Å². The SMILES string of the molecule is O=C1CC(NC2CCN(S(=O)(=O)c3ccc(Cl)cc3)CC2)C(=O)N1c1ccc(F)cc1. The summed E-state index contributed by atoms with van der Waals surface area (Å²) in [4.78, 5) is 26.4. The molecule has 2 aromatic rings. The third-order valence-electron chi connectivity index (χ3n) is 5.57. The number of sulfonamides is 1. The minimum Gasteiger partial charge on any atom is -0.303 e. The average molecular weight is 466 g/mol. The molecular weight excluding hydrogens is 445 g/mol. The molecule has 0 aromatic heterocycles. The molecule has 0 bridgehead atoms. The number of hydrogen-bond donors (Lipinski definition) is 1. The Morgan fingerprint density at radius 2 is 1.58 bits per heavy atom. The predicted octanol–water partition coefficient (Wildman–Crippen LogP) is 2.55. The predicted molar refractivity (Wildman–Crippen MR) is 114 cm³/mol. The van der Waals surface area contributed by atoms with Crippen LogP contribution in [0.25, 0.3) is 0 Å². The molecule has 2 saturated heterocycles. The molecule has 0 aliphatic carbocycles. The molecule has 7 nitrogen and oxygen atoms in total. The van der Waals surface area contributed by atoms with Crippen LogP contribution in [0, 0.1) is 5.82 Å². The van der Waals surface area contributed by atoms with Gasteiger partial charge in [0.2, 0.25) is 15.9 Å². The highest BCUT2D eigenvalue weighted by molar-refractivity contribution is 7.89. The van der Waals surface area contributed by atoms with Crippen LogP contribution in [0.2, 0.25) is 5.02 Å². The molecule has 1 unspecified atom stereocenters. The molecule has 0 saturated carbocycles. The second kappa shape index (κ2) is 8.66. The average Bonchev–Trinajstić information content (AvgIpc) is 3.02. The molecular formula is C21H21ClFN3O4S. The van der Waals surface area contributed by atoms with E-state index in [-0.39, 0.29) is 29.2 Å². The second-order valence-electron chi connectivity index (χ2n) is 7.60. The van der Waals surface area contributed by atoms with E-state index >= 15 is 0 Å². The smallest absolute Gasteiger partial charge is 0.251 e. The van der Waals surface area contributed by atoms with Crippen LogP contribution in [0.4, 0.5) is 10.1 Å². The van der Waals surface area contributed by atoms with Gasteiger partial charge in [0.25, 0.3) is 5.91 Å². The van der Waals surface area contributed by atoms with Crippen molar-refractivity contribution in [1.82, 2.24) is 9.62 Å². The molecule has 2 aromatic carbocycles. The Morgan fingerprint density at radius 1 is 0.968 bits per heavy atom. The molecule has 10 heteroatoms. The van der Waals surface area contributed by atoms with E-state index in [0.29, 0.717) is 36.6 Å². The van der Waals surface area contributed by atoms with Gasteiger partial charge in [-0.15, -0.1) is 0 Å². The number of carbonyl (C=O) groups excluding carboxylic acids is 2. The topological polar surface area (TPSA) is 86.8 Å². The molecule has 164 valence electrons. The third-order valence-corrected chi connectivity index (χ3v) is 7.74. The first kappa shape index (κ1) is 21.9. The number of anilines is 1. The van der Waals surface area contributed by atoms with E-state index in [9.17, 15) is 22.4 Å². The first-order chi connectivity index (χ1) is 14.8. The number of rotatable bonds is 5. The zero-order valence-corrected chi connectivity index (χ0v) is 18.1. The van der Waals surface area contributed by atoms with Gasteiger partial charge in [-0.1, -0.05) is 11.6 Å². The molecule has 2 heterocycles. The van der Waals surface area contributed by atoms with Crippen LogP contribution >= 0.6 is 11.6 Å². The highest BCUT2D eigenvalue weighted by atomic mass is 35.5. The van der Waals surface area contributed by atoms with Gasteiger partial charge in [0.05, 0.1) is 23.0 Å². The summed E-state index contributed by atoms with van der Waals surface area (Å²) in [6.07, 6.45) is 1.04. The number of nitrogens with one attached hydrogen (secondary N) is 1. The summed E-state index contributed by atoms with van der Waals surface area (Å²) in [7, 11) is -3.61. The number of halogens is 2. The molecule has 2 amide bonds. The quantitative estimate of drug-likeness (QED) is 0.686. The third kappa shape index (κ3) is 4.50. The van der Waals surface area contributed by atoms with Crippen molar-refractivity contribution in [3.63, 3.8) is 0 Å². The lowest BCUT2D eigenvalue weighted by Crippen LogP contribution is -2.49. The highest BCUT2D eigenvalue weighted by Crippen LogP contribution is 2.26. The molecule has 1 N–H and O–H groups in total. The van der Waals surface area contributed by atoms with E-state index in [1.807, 2.05) is 0 Å². The van der Waals surface area contributed by atoms with Gasteiger partial charge in [-0.2, -0.15) is 4.31 Å². The van der Waals surface area contributed by atoms with Gasteiger partial charge in [0.1, 0.15) is 5.82 Å². The number of piperidine rings is 1. The lowest BCUT2D eigenvalue weighted by atomic mass is 10.1. The first-order valence-corrected chi connectivity index (χ1v) is 11.7. The summed E-state index contributed by atoms with van der Waals surface area (Å²) in [6.45, 7) is 0.609. The van der Waals surface area contributed by atoms with Gasteiger partial charge >= 0.3 is 0 Å². The van der Waals surface area contributed by atoms with E-state index in [1.54, 1.807) is 12.1 Å². The number of nitrogens with zero attached hydrogens (tertiary/aromatic N) is 2. The van der Waals surface area contributed by atoms with Crippen LogP contribution in [0.5, 0.6) is 0 Å². The van der Waals surface area contributed by atoms with E-state index in [1.165, 1.54) is 40.7 Å². The van der Waals surface area contributed by atoms with E-state index in [4.69, 9.17) is 11.6 Å². The number of carbonyl (C=O) groups is 2. The van der Waals surface area contributed by atoms with Crippen molar-refractivity contribution in [2.75, 3.05) is 18.0 Å². The van der Waals surface area contributed by atoms with Crippen LogP contribution in [-0.2, 0) is 19.6 Å². The standard InChI is InChI=1S/C21H21ClFN3O4S/c22-14-1-7-18(8-2-14)31(29,30)25-11-9-16(10-12-25)24-19-13-20(27)26(21(19)28)17-5-3-15(23)4-6-17/h1-8,16,19,24H,9-13H2. The number of benzene rings is 2. The Labute approximate surface area is 184 Å². The highest BCUT2D eigenvalue weighted by Gasteiger charge is 2.41. The molecule has 2 fully saturated rings. The normalized spacial score (nSPS) is 21.1. The lowest BCUT2D eigenvalue weighted by molar-refractivity contribution is -0.121. The maximum Gasteiger partial charge on any atom is 0.251 e. The fourth-order valence-electron chi connectivity index (χ4n) is 3.93. The van der Waals surface area contributed by atoms with Crippen LogP contribution in [-0.4, -0.2) is 49.7 Å². The molecule has 4 rings (SSSR count). The van der Waals surface area contributed by atoms with Gasteiger partial charge in [0, 0.05) is 24.2 Å². The molecule has 1 atom stereocenters. The van der Waals surface area contributed by atoms with Crippen LogP contribution in [0.1, 0.15) is 19.3 Å². The lowest BCUT2D eigenvalue weighted by Gasteiger charge is -2.32. The summed E-state index contributed by atoms with van der Waals surface area (Å²) < 4.78 is 40.2. The van der Waals surface area contributed by atoms with Crippen molar-refractivity contribution in [1.29, 1.82) is 0 Å². The summed E-state index contributed by atoms with van der Waals surface area (Å²) in [5, 5.41) is 3.67. The molecule has 2 aliphatic rings. The Balaban J connectivity index is 1.37. The van der Waals surface area contributed by atoms with Gasteiger partial charge in [-0.3, -0.25) is 9.59 Å². The largest absolute Gasteiger partial charge is 0.303 e. The van der Waals surface area contributed by atoms with Crippen molar-refractivity contribution in [2.24, 2.45) is 0 Å². The summed E-state index contributed by atoms with van der Waals surface area (Å²) in [6, 6.07) is 10.5. The van der Waals surface area contributed by atoms with E-state index in [2.05, 4.69) is 5.32 Å². The Morgan fingerprint density at radius 3 is 2.19 bits per heavy atom. The summed E-state index contributed by atoms with van der Waals surface area (Å²) in [5.41, 5.74) is 0.338. The summed E-state index contributed by atoms with van der Waals surface area (Å²) in [5.74, 6) is -1.18. The monoisotopic (exact) mass is 465 g/mol. The van der Waals surface area contributed by atoms with Crippen molar-refractivity contribution >= 4 is 39.1 Å². The molecule has 0 radical (unpaired) electrons. The Bertz CT molecular complexity index is 1080. The van der Waals surface area contributed by atoms with Crippen molar-refractivity contribution in [3.8, 4) is 0 Å². The zero-order valence-electron chi connectivity index (χ0n) is 16.5. The number of amides is 2. The van der Waals surface area contributed by atoms with Crippen LogP contribution < -0.4 is 10.2 Å². The molecule has 31 heavy (non-hydrogen) atoms. The van der Waals surface area contributed by atoms with Gasteiger partial charge in [0.15, 0.2) is 0 Å². The molecule has 0 spiro atoms. The van der Waals surface area contributed by atoms with Gasteiger partial charge < -0.3 is 5.32 Å². The fraction of sp³-hybridized carbons (Fsp3) is 0.333. The van der Waals surface area contributed by atoms with Gasteiger partial charge in [-0.05, 0) is 61.4 Å². The molecule has 2 aliphatic heterocycles.